The third kappa shape index (κ3) is 13.5. The number of carbonyl (C=O) groups is 4. The van der Waals surface area contributed by atoms with Crippen LogP contribution in [-0.2, 0) is 28.7 Å². The number of anilines is 1. The van der Waals surface area contributed by atoms with Gasteiger partial charge in [0.25, 0.3) is 5.91 Å². The Labute approximate surface area is 303 Å². The van der Waals surface area contributed by atoms with Crippen molar-refractivity contribution in [2.24, 2.45) is 0 Å². The van der Waals surface area contributed by atoms with Crippen molar-refractivity contribution >= 4 is 35.5 Å². The number of benzene rings is 2. The van der Waals surface area contributed by atoms with Crippen molar-refractivity contribution in [2.75, 3.05) is 11.9 Å². The van der Waals surface area contributed by atoms with Gasteiger partial charge < -0.3 is 50.4 Å². The molecule has 1 aliphatic rings. The number of esters is 2. The fourth-order valence-electron chi connectivity index (χ4n) is 5.53. The second kappa shape index (κ2) is 19.3. The van der Waals surface area contributed by atoms with E-state index in [1.807, 2.05) is 0 Å². The Bertz CT molecular complexity index is 1540. The van der Waals surface area contributed by atoms with Gasteiger partial charge in [0, 0.05) is 24.6 Å². The number of aliphatic hydroxyl groups excluding tert-OH is 2. The largest absolute Gasteiger partial charge is 0.504 e. The summed E-state index contributed by atoms with van der Waals surface area (Å²) in [5.74, 6) is -3.94. The normalized spacial score (nSPS) is 20.9. The molecule has 52 heavy (non-hydrogen) atoms. The van der Waals surface area contributed by atoms with Gasteiger partial charge in [0.2, 0.25) is 5.91 Å². The zero-order valence-electron chi connectivity index (χ0n) is 30.2. The minimum Gasteiger partial charge on any atom is -0.504 e. The van der Waals surface area contributed by atoms with Crippen molar-refractivity contribution in [3.8, 4) is 17.2 Å². The average molecular weight is 729 g/mol. The standard InChI is InChI=1S/C38H52N2O12/c1-5-6-7-8-9-10-19-50-26-15-13-25(14-16-26)39-35(47)27(21-33(45)52-37(2,3)4)40-36(48)38(49)22-30(43)34(46)31(23-38)51-32(44)18-12-24-11-17-28(41)29(42)20-24/h11-18,20,27,30-31,34,41-43,46,49H,5-10,19,21-23H2,1-4H3,(H,39,47)(H,40,48)/b18-12+/t27?,30-,31-,34-,38+/m1/s1. The third-order valence-corrected chi connectivity index (χ3v) is 8.26. The molecule has 0 saturated heterocycles. The number of aliphatic hydroxyl groups is 3. The first-order chi connectivity index (χ1) is 24.5. The van der Waals surface area contributed by atoms with E-state index in [2.05, 4.69) is 17.6 Å². The van der Waals surface area contributed by atoms with E-state index >= 15 is 0 Å². The molecule has 2 amide bonds. The Hall–Kier alpha value is -4.66. The fraction of sp³-hybridized carbons (Fsp3) is 0.526. The number of aromatic hydroxyl groups is 2. The van der Waals surface area contributed by atoms with Crippen molar-refractivity contribution in [3.05, 3.63) is 54.1 Å². The Balaban J connectivity index is 1.68. The number of unbranched alkanes of at least 4 members (excludes halogenated alkanes) is 5. The minimum atomic E-state index is -2.43. The van der Waals surface area contributed by atoms with Gasteiger partial charge in [-0.25, -0.2) is 4.79 Å². The van der Waals surface area contributed by atoms with E-state index in [1.54, 1.807) is 45.0 Å². The quantitative estimate of drug-likeness (QED) is 0.0534. The molecule has 2 aromatic carbocycles. The zero-order valence-corrected chi connectivity index (χ0v) is 30.2. The van der Waals surface area contributed by atoms with Crippen LogP contribution in [0, 0.1) is 0 Å². The molecule has 0 heterocycles. The van der Waals surface area contributed by atoms with Gasteiger partial charge in [0.1, 0.15) is 35.2 Å². The van der Waals surface area contributed by atoms with Gasteiger partial charge in [-0.15, -0.1) is 0 Å². The topological polar surface area (TPSA) is 221 Å². The molecule has 0 aromatic heterocycles. The van der Waals surface area contributed by atoms with Crippen LogP contribution in [-0.4, -0.2) is 91.4 Å². The van der Waals surface area contributed by atoms with Crippen LogP contribution in [0.5, 0.6) is 17.2 Å². The molecule has 1 fully saturated rings. The van der Waals surface area contributed by atoms with Gasteiger partial charge >= 0.3 is 11.9 Å². The maximum Gasteiger partial charge on any atom is 0.331 e. The predicted molar refractivity (Wildman–Crippen MR) is 191 cm³/mol. The highest BCUT2D eigenvalue weighted by Gasteiger charge is 2.51. The second-order valence-corrected chi connectivity index (χ2v) is 14.0. The summed E-state index contributed by atoms with van der Waals surface area (Å²) in [5.41, 5.74) is -2.66. The Morgan fingerprint density at radius 1 is 0.942 bits per heavy atom. The molecule has 1 saturated carbocycles. The second-order valence-electron chi connectivity index (χ2n) is 14.0. The summed E-state index contributed by atoms with van der Waals surface area (Å²) in [4.78, 5) is 52.3. The number of carbonyl (C=O) groups excluding carboxylic acids is 4. The van der Waals surface area contributed by atoms with Crippen LogP contribution in [0.3, 0.4) is 0 Å². The maximum atomic E-state index is 13.5. The lowest BCUT2D eigenvalue weighted by Gasteiger charge is -2.41. The number of hydrogen-bond donors (Lipinski definition) is 7. The highest BCUT2D eigenvalue weighted by atomic mass is 16.6. The van der Waals surface area contributed by atoms with Crippen molar-refractivity contribution in [2.45, 2.75) is 121 Å². The molecule has 1 unspecified atom stereocenters. The lowest BCUT2D eigenvalue weighted by atomic mass is 9.78. The third-order valence-electron chi connectivity index (χ3n) is 8.26. The molecule has 3 rings (SSSR count). The fourth-order valence-corrected chi connectivity index (χ4v) is 5.53. The van der Waals surface area contributed by atoms with Gasteiger partial charge in [0.15, 0.2) is 11.5 Å². The van der Waals surface area contributed by atoms with Gasteiger partial charge in [-0.1, -0.05) is 45.1 Å². The van der Waals surface area contributed by atoms with Gasteiger partial charge in [-0.2, -0.15) is 0 Å². The SMILES string of the molecule is CCCCCCCCOc1ccc(NC(=O)C(CC(=O)OC(C)(C)C)NC(=O)[C@]2(O)C[C@@H](O)[C@@H](O)[C@H](OC(=O)/C=C/c3ccc(O)c(O)c3)C2)cc1. The predicted octanol–water partition coefficient (Wildman–Crippen LogP) is 3.86. The number of ether oxygens (including phenoxy) is 3. The highest BCUT2D eigenvalue weighted by Crippen LogP contribution is 2.32. The maximum absolute atomic E-state index is 13.5. The summed E-state index contributed by atoms with van der Waals surface area (Å²) in [7, 11) is 0. The van der Waals surface area contributed by atoms with Gasteiger partial charge in [0.05, 0.1) is 19.1 Å². The molecule has 7 N–H and O–H groups in total. The summed E-state index contributed by atoms with van der Waals surface area (Å²) in [6, 6.07) is 8.83. The summed E-state index contributed by atoms with van der Waals surface area (Å²) in [6.45, 7) is 7.63. The lowest BCUT2D eigenvalue weighted by molar-refractivity contribution is -0.187. The summed E-state index contributed by atoms with van der Waals surface area (Å²) in [5, 5.41) is 56.6. The smallest absolute Gasteiger partial charge is 0.331 e. The van der Waals surface area contributed by atoms with Crippen LogP contribution >= 0.6 is 0 Å². The van der Waals surface area contributed by atoms with Crippen molar-refractivity contribution in [3.63, 3.8) is 0 Å². The van der Waals surface area contributed by atoms with Gasteiger partial charge in [-0.05, 0) is 75.2 Å². The Morgan fingerprint density at radius 3 is 2.27 bits per heavy atom. The molecular weight excluding hydrogens is 676 g/mol. The summed E-state index contributed by atoms with van der Waals surface area (Å²) in [6.07, 6.45) is 2.11. The van der Waals surface area contributed by atoms with E-state index in [0.717, 1.165) is 25.3 Å². The van der Waals surface area contributed by atoms with E-state index in [1.165, 1.54) is 43.5 Å². The van der Waals surface area contributed by atoms with E-state index in [0.29, 0.717) is 23.6 Å². The van der Waals surface area contributed by atoms with Crippen molar-refractivity contribution in [1.29, 1.82) is 0 Å². The molecule has 0 aliphatic heterocycles. The van der Waals surface area contributed by atoms with Crippen molar-refractivity contribution in [1.82, 2.24) is 5.32 Å². The van der Waals surface area contributed by atoms with Crippen LogP contribution in [0.4, 0.5) is 5.69 Å². The number of phenolic OH excluding ortho intramolecular Hbond substituents is 2. The highest BCUT2D eigenvalue weighted by molar-refractivity contribution is 6.00. The molecule has 14 heteroatoms. The number of nitrogens with one attached hydrogen (secondary N) is 2. The Kier molecular flexibility index (Phi) is 15.5. The summed E-state index contributed by atoms with van der Waals surface area (Å²) >= 11 is 0. The summed E-state index contributed by atoms with van der Waals surface area (Å²) < 4.78 is 16.4. The molecule has 5 atom stereocenters. The van der Waals surface area contributed by atoms with Gasteiger partial charge in [-0.3, -0.25) is 14.4 Å². The average Bonchev–Trinajstić information content (AvgIpc) is 3.06. The number of hydrogen-bond acceptors (Lipinski definition) is 12. The Morgan fingerprint density at radius 2 is 1.62 bits per heavy atom. The molecular formula is C38H52N2O12. The van der Waals surface area contributed by atoms with Crippen molar-refractivity contribution < 1.29 is 58.9 Å². The molecule has 0 spiro atoms. The van der Waals surface area contributed by atoms with E-state index < -0.39 is 84.3 Å². The first kappa shape index (κ1) is 41.8. The molecule has 286 valence electrons. The molecule has 0 bridgehead atoms. The first-order valence-electron chi connectivity index (χ1n) is 17.6. The van der Waals surface area contributed by atoms with Crippen LogP contribution in [0.1, 0.15) is 91.0 Å². The number of amides is 2. The number of phenols is 2. The monoisotopic (exact) mass is 728 g/mol. The van der Waals surface area contributed by atoms with Crippen LogP contribution in [0.2, 0.25) is 0 Å². The van der Waals surface area contributed by atoms with Crippen LogP contribution in [0.15, 0.2) is 48.5 Å². The molecule has 1 aliphatic carbocycles. The van der Waals surface area contributed by atoms with E-state index in [4.69, 9.17) is 14.2 Å². The van der Waals surface area contributed by atoms with Crippen LogP contribution < -0.4 is 15.4 Å². The van der Waals surface area contributed by atoms with E-state index in [-0.39, 0.29) is 5.75 Å². The first-order valence-corrected chi connectivity index (χ1v) is 17.6. The van der Waals surface area contributed by atoms with Crippen LogP contribution in [0.25, 0.3) is 6.08 Å². The molecule has 14 nitrogen and oxygen atoms in total. The lowest BCUT2D eigenvalue weighted by Crippen LogP contribution is -2.62. The zero-order chi connectivity index (χ0) is 38.5. The number of rotatable bonds is 17. The van der Waals surface area contributed by atoms with E-state index in [9.17, 15) is 44.7 Å². The minimum absolute atomic E-state index is 0.328. The molecule has 0 radical (unpaired) electrons. The molecule has 2 aromatic rings.